The fourth-order valence-corrected chi connectivity index (χ4v) is 2.79. The van der Waals surface area contributed by atoms with Crippen LogP contribution in [0.15, 0.2) is 71.8 Å². The van der Waals surface area contributed by atoms with Crippen molar-refractivity contribution in [1.29, 1.82) is 0 Å². The normalized spacial score (nSPS) is 10.8. The van der Waals surface area contributed by atoms with Crippen molar-refractivity contribution in [3.8, 4) is 11.5 Å². The maximum absolute atomic E-state index is 12.1. The second kappa shape index (κ2) is 9.26. The molecule has 0 aliphatic heterocycles. The zero-order chi connectivity index (χ0) is 19.9. The van der Waals surface area contributed by atoms with Crippen molar-refractivity contribution < 1.29 is 14.6 Å². The summed E-state index contributed by atoms with van der Waals surface area (Å²) in [6, 6.07) is 18.5. The van der Waals surface area contributed by atoms with E-state index in [4.69, 9.17) is 27.9 Å². The molecular formula is C21H16Cl2N2O3. The van der Waals surface area contributed by atoms with Crippen LogP contribution >= 0.6 is 23.2 Å². The van der Waals surface area contributed by atoms with Crippen LogP contribution in [-0.2, 0) is 6.61 Å². The maximum Gasteiger partial charge on any atom is 0.271 e. The molecule has 0 aliphatic rings. The Bertz CT molecular complexity index is 1000. The van der Waals surface area contributed by atoms with E-state index in [1.165, 1.54) is 6.21 Å². The lowest BCUT2D eigenvalue weighted by atomic mass is 10.2. The molecule has 0 unspecified atom stereocenters. The van der Waals surface area contributed by atoms with Gasteiger partial charge < -0.3 is 9.84 Å². The van der Waals surface area contributed by atoms with Crippen LogP contribution in [-0.4, -0.2) is 17.2 Å². The molecule has 3 aromatic carbocycles. The summed E-state index contributed by atoms with van der Waals surface area (Å²) in [5.41, 5.74) is 4.15. The number of nitrogens with zero attached hydrogens (tertiary/aromatic N) is 1. The number of amides is 1. The molecule has 0 bridgehead atoms. The van der Waals surface area contributed by atoms with Gasteiger partial charge in [0.15, 0.2) is 0 Å². The summed E-state index contributed by atoms with van der Waals surface area (Å²) >= 11 is 12.0. The fourth-order valence-electron chi connectivity index (χ4n) is 2.32. The van der Waals surface area contributed by atoms with Crippen molar-refractivity contribution in [2.45, 2.75) is 6.61 Å². The third-order valence-electron chi connectivity index (χ3n) is 3.83. The smallest absolute Gasteiger partial charge is 0.271 e. The maximum atomic E-state index is 12.1. The number of carbonyl (C=O) groups excluding carboxylic acids is 1. The lowest BCUT2D eigenvalue weighted by Gasteiger charge is -2.08. The molecule has 3 aromatic rings. The van der Waals surface area contributed by atoms with Crippen LogP contribution in [0.4, 0.5) is 0 Å². The third-order valence-corrected chi connectivity index (χ3v) is 4.42. The lowest BCUT2D eigenvalue weighted by Crippen LogP contribution is -2.17. The molecule has 1 amide bonds. The Labute approximate surface area is 172 Å². The highest BCUT2D eigenvalue weighted by atomic mass is 35.5. The Balaban J connectivity index is 1.56. The van der Waals surface area contributed by atoms with E-state index in [2.05, 4.69) is 10.5 Å². The Morgan fingerprint density at radius 2 is 1.82 bits per heavy atom. The number of hydrogen-bond donors (Lipinski definition) is 2. The predicted octanol–water partition coefficient (Wildman–Crippen LogP) is 5.04. The van der Waals surface area contributed by atoms with Gasteiger partial charge in [-0.05, 0) is 48.5 Å². The largest absolute Gasteiger partial charge is 0.507 e. The molecule has 0 heterocycles. The quantitative estimate of drug-likeness (QED) is 0.438. The lowest BCUT2D eigenvalue weighted by molar-refractivity contribution is 0.0955. The van der Waals surface area contributed by atoms with E-state index in [1.807, 2.05) is 0 Å². The van der Waals surface area contributed by atoms with E-state index in [0.717, 1.165) is 5.56 Å². The first-order valence-corrected chi connectivity index (χ1v) is 9.07. The van der Waals surface area contributed by atoms with E-state index < -0.39 is 0 Å². The summed E-state index contributed by atoms with van der Waals surface area (Å²) in [6.45, 7) is 0.284. The number of hydrogen-bond acceptors (Lipinski definition) is 4. The molecule has 0 aliphatic carbocycles. The fraction of sp³-hybridized carbons (Fsp3) is 0.0476. The summed E-state index contributed by atoms with van der Waals surface area (Å²) in [5, 5.41) is 14.6. The van der Waals surface area contributed by atoms with Gasteiger partial charge in [0.25, 0.3) is 5.91 Å². The van der Waals surface area contributed by atoms with E-state index in [0.29, 0.717) is 26.9 Å². The molecule has 0 fully saturated rings. The van der Waals surface area contributed by atoms with E-state index >= 15 is 0 Å². The van der Waals surface area contributed by atoms with Gasteiger partial charge >= 0.3 is 0 Å². The second-order valence-corrected chi connectivity index (χ2v) is 6.65. The summed E-state index contributed by atoms with van der Waals surface area (Å²) in [5.74, 6) is 0.307. The van der Waals surface area contributed by atoms with Crippen molar-refractivity contribution in [3.63, 3.8) is 0 Å². The molecular weight excluding hydrogens is 399 g/mol. The minimum absolute atomic E-state index is 0.0859. The van der Waals surface area contributed by atoms with Crippen LogP contribution < -0.4 is 10.2 Å². The summed E-state index contributed by atoms with van der Waals surface area (Å²) in [6.07, 6.45) is 1.38. The summed E-state index contributed by atoms with van der Waals surface area (Å²) in [4.78, 5) is 12.1. The van der Waals surface area contributed by atoms with Gasteiger partial charge in [0.2, 0.25) is 0 Å². The first kappa shape index (κ1) is 19.7. The first-order chi connectivity index (χ1) is 13.5. The summed E-state index contributed by atoms with van der Waals surface area (Å²) in [7, 11) is 0. The number of nitrogens with one attached hydrogen (secondary N) is 1. The number of phenolic OH excluding ortho intramolecular Hbond substituents is 1. The molecule has 3 rings (SSSR count). The molecule has 142 valence electrons. The average molecular weight is 415 g/mol. The molecule has 2 N–H and O–H groups in total. The molecule has 28 heavy (non-hydrogen) atoms. The van der Waals surface area contributed by atoms with Crippen LogP contribution in [0.5, 0.6) is 11.5 Å². The highest BCUT2D eigenvalue weighted by molar-refractivity contribution is 6.35. The van der Waals surface area contributed by atoms with Crippen molar-refractivity contribution in [2.24, 2.45) is 5.10 Å². The number of phenols is 1. The number of rotatable bonds is 6. The molecule has 0 radical (unpaired) electrons. The Morgan fingerprint density at radius 3 is 2.54 bits per heavy atom. The molecule has 5 nitrogen and oxygen atoms in total. The van der Waals surface area contributed by atoms with E-state index in [1.54, 1.807) is 66.7 Å². The Morgan fingerprint density at radius 1 is 1.07 bits per heavy atom. The van der Waals surface area contributed by atoms with Gasteiger partial charge in [-0.1, -0.05) is 41.4 Å². The minimum atomic E-state index is -0.376. The monoisotopic (exact) mass is 414 g/mol. The molecule has 7 heteroatoms. The number of para-hydroxylation sites is 1. The highest BCUT2D eigenvalue weighted by Gasteiger charge is 2.06. The highest BCUT2D eigenvalue weighted by Crippen LogP contribution is 2.23. The van der Waals surface area contributed by atoms with Crippen LogP contribution in [0.3, 0.4) is 0 Å². The Kier molecular flexibility index (Phi) is 6.53. The number of aromatic hydroxyl groups is 1. The number of hydrazone groups is 1. The zero-order valence-electron chi connectivity index (χ0n) is 14.6. The Hall–Kier alpha value is -3.02. The number of ether oxygens (including phenoxy) is 1. The average Bonchev–Trinajstić information content (AvgIpc) is 2.69. The predicted molar refractivity (Wildman–Crippen MR) is 110 cm³/mol. The van der Waals surface area contributed by atoms with Crippen LogP contribution in [0.25, 0.3) is 0 Å². The van der Waals surface area contributed by atoms with E-state index in [9.17, 15) is 9.90 Å². The van der Waals surface area contributed by atoms with Crippen molar-refractivity contribution in [2.75, 3.05) is 0 Å². The summed E-state index contributed by atoms with van der Waals surface area (Å²) < 4.78 is 5.68. The van der Waals surface area contributed by atoms with Gasteiger partial charge in [-0.3, -0.25) is 4.79 Å². The van der Waals surface area contributed by atoms with Gasteiger partial charge in [0.1, 0.15) is 18.1 Å². The standard InChI is InChI=1S/C21H16Cl2N2O3/c22-17-8-5-16(19(23)11-17)13-28-18-9-6-14(7-10-18)21(27)25-24-12-15-3-1-2-4-20(15)26/h1-12,26H,13H2,(H,25,27)/b24-12+. The van der Waals surface area contributed by atoms with E-state index in [-0.39, 0.29) is 18.3 Å². The number of carbonyl (C=O) groups is 1. The molecule has 0 saturated carbocycles. The van der Waals surface area contributed by atoms with Crippen molar-refractivity contribution in [3.05, 3.63) is 93.5 Å². The van der Waals surface area contributed by atoms with Crippen molar-refractivity contribution in [1.82, 2.24) is 5.43 Å². The van der Waals surface area contributed by atoms with Crippen LogP contribution in [0.2, 0.25) is 10.0 Å². The van der Waals surface area contributed by atoms with Gasteiger partial charge in [-0.15, -0.1) is 0 Å². The van der Waals surface area contributed by atoms with Gasteiger partial charge in [0, 0.05) is 26.7 Å². The zero-order valence-corrected chi connectivity index (χ0v) is 16.1. The topological polar surface area (TPSA) is 70.9 Å². The molecule has 0 atom stereocenters. The number of benzene rings is 3. The minimum Gasteiger partial charge on any atom is -0.507 e. The molecule has 0 spiro atoms. The molecule has 0 aromatic heterocycles. The molecule has 0 saturated heterocycles. The first-order valence-electron chi connectivity index (χ1n) is 8.31. The van der Waals surface area contributed by atoms with Crippen molar-refractivity contribution >= 4 is 35.3 Å². The van der Waals surface area contributed by atoms with Gasteiger partial charge in [-0.25, -0.2) is 5.43 Å². The van der Waals surface area contributed by atoms with Crippen LogP contribution in [0, 0.1) is 0 Å². The second-order valence-electron chi connectivity index (χ2n) is 5.81. The number of halogens is 2. The SMILES string of the molecule is O=C(N/N=C/c1ccccc1O)c1ccc(OCc2ccc(Cl)cc2Cl)cc1. The third kappa shape index (κ3) is 5.25. The van der Waals surface area contributed by atoms with Crippen LogP contribution in [0.1, 0.15) is 21.5 Å². The van der Waals surface area contributed by atoms with Gasteiger partial charge in [-0.2, -0.15) is 5.10 Å². The van der Waals surface area contributed by atoms with Gasteiger partial charge in [0.05, 0.1) is 6.21 Å².